The first-order chi connectivity index (χ1) is 20.9. The molecule has 5 aromatic rings. The van der Waals surface area contributed by atoms with Gasteiger partial charge in [-0.2, -0.15) is 0 Å². The van der Waals surface area contributed by atoms with Gasteiger partial charge in [0.1, 0.15) is 18.2 Å². The predicted molar refractivity (Wildman–Crippen MR) is 155 cm³/mol. The first-order valence-electron chi connectivity index (χ1n) is 17.0. The Morgan fingerprint density at radius 2 is 1.73 bits per heavy atom. The monoisotopic (exact) mass is 496 g/mol. The molecule has 0 radical (unpaired) electrons. The Bertz CT molecular complexity index is 1960. The zero-order valence-electron chi connectivity index (χ0n) is 30.0. The highest BCUT2D eigenvalue weighted by molar-refractivity contribution is 6.09. The fourth-order valence-corrected chi connectivity index (χ4v) is 5.75. The molecule has 1 aliphatic rings. The topological polar surface area (TPSA) is 17.0 Å². The van der Waals surface area contributed by atoms with Crippen molar-refractivity contribution in [2.24, 2.45) is 12.5 Å². The minimum absolute atomic E-state index is 0.0464. The lowest BCUT2D eigenvalue weighted by molar-refractivity contribution is -0.660. The molecule has 2 aromatic heterocycles. The number of hydrogen-bond donors (Lipinski definition) is 0. The van der Waals surface area contributed by atoms with Crippen molar-refractivity contribution in [3.05, 3.63) is 89.1 Å². The number of hydrogen-bond acceptors (Lipinski definition) is 1. The largest absolute Gasteiger partial charge is 0.455 e. The van der Waals surface area contributed by atoms with Gasteiger partial charge in [-0.1, -0.05) is 62.4 Å². The van der Waals surface area contributed by atoms with Crippen LogP contribution in [0.4, 0.5) is 0 Å². The standard InChI is InChI=1S/C35H38NO/c1-22-11-13-29-28-9-7-8-10-32(28)37-34(29)33(22)31-20-30(24(3)21-36(31)6)27-14-12-26(19-23(27)2)25-15-17-35(4,5)18-16-25/h7-14,19-21,25H,15-18H2,1-6H3/q+1/i2D3,3D3,14D,25D. The van der Waals surface area contributed by atoms with Crippen molar-refractivity contribution < 1.29 is 20.0 Å². The Balaban J connectivity index is 1.64. The molecule has 6 rings (SSSR count). The van der Waals surface area contributed by atoms with Crippen LogP contribution >= 0.6 is 0 Å². The molecular formula is C35H38NO+. The highest BCUT2D eigenvalue weighted by atomic mass is 16.3. The van der Waals surface area contributed by atoms with Crippen LogP contribution in [0.5, 0.6) is 0 Å². The van der Waals surface area contributed by atoms with Crippen molar-refractivity contribution in [1.82, 2.24) is 0 Å². The fraction of sp³-hybridized carbons (Fsp3) is 0.343. The molecule has 0 spiro atoms. The molecule has 1 fully saturated rings. The van der Waals surface area contributed by atoms with Crippen LogP contribution in [0.3, 0.4) is 0 Å². The molecule has 2 nitrogen and oxygen atoms in total. The molecule has 0 unspecified atom stereocenters. The molecule has 2 heterocycles. The van der Waals surface area contributed by atoms with Crippen molar-refractivity contribution >= 4 is 21.9 Å². The number of aryl methyl sites for hydroxylation is 4. The van der Waals surface area contributed by atoms with Gasteiger partial charge in [-0.3, -0.25) is 0 Å². The summed E-state index contributed by atoms with van der Waals surface area (Å²) in [6.07, 6.45) is 4.29. The lowest BCUT2D eigenvalue weighted by Crippen LogP contribution is -2.31. The normalized spacial score (nSPS) is 20.8. The van der Waals surface area contributed by atoms with Crippen LogP contribution in [0.1, 0.15) is 78.6 Å². The summed E-state index contributed by atoms with van der Waals surface area (Å²) in [6.45, 7) is 1.07. The maximum Gasteiger partial charge on any atom is 0.216 e. The summed E-state index contributed by atoms with van der Waals surface area (Å²) in [4.78, 5) is 0. The first-order valence-corrected chi connectivity index (χ1v) is 13.0. The van der Waals surface area contributed by atoms with Gasteiger partial charge in [0.25, 0.3) is 0 Å². The van der Waals surface area contributed by atoms with Crippen molar-refractivity contribution in [1.29, 1.82) is 0 Å². The van der Waals surface area contributed by atoms with Crippen LogP contribution in [0.15, 0.2) is 71.3 Å². The lowest BCUT2D eigenvalue weighted by Gasteiger charge is -2.34. The van der Waals surface area contributed by atoms with Crippen molar-refractivity contribution in [2.75, 3.05) is 0 Å². The number of benzene rings is 3. The Kier molecular flexibility index (Phi) is 3.94. The van der Waals surface area contributed by atoms with Gasteiger partial charge in [-0.05, 0) is 91.5 Å². The van der Waals surface area contributed by atoms with Gasteiger partial charge in [0, 0.05) is 32.0 Å². The highest BCUT2D eigenvalue weighted by Crippen LogP contribution is 2.43. The summed E-state index contributed by atoms with van der Waals surface area (Å²) >= 11 is 0. The smallest absolute Gasteiger partial charge is 0.216 e. The first kappa shape index (κ1) is 16.5. The van der Waals surface area contributed by atoms with E-state index in [1.54, 1.807) is 23.7 Å². The lowest BCUT2D eigenvalue weighted by atomic mass is 9.71. The van der Waals surface area contributed by atoms with Crippen molar-refractivity contribution in [2.45, 2.75) is 66.1 Å². The van der Waals surface area contributed by atoms with Gasteiger partial charge in [0.2, 0.25) is 5.69 Å². The predicted octanol–water partition coefficient (Wildman–Crippen LogP) is 9.35. The molecule has 0 aliphatic heterocycles. The van der Waals surface area contributed by atoms with Crippen LogP contribution in [0.2, 0.25) is 0 Å². The van der Waals surface area contributed by atoms with Crippen molar-refractivity contribution in [3.63, 3.8) is 0 Å². The fourth-order valence-electron chi connectivity index (χ4n) is 5.75. The number of nitrogens with zero attached hydrogens (tertiary/aromatic N) is 1. The van der Waals surface area contributed by atoms with Gasteiger partial charge < -0.3 is 4.42 Å². The second-order valence-electron chi connectivity index (χ2n) is 11.3. The van der Waals surface area contributed by atoms with E-state index in [1.165, 1.54) is 12.3 Å². The van der Waals surface area contributed by atoms with Gasteiger partial charge in [0.05, 0.1) is 6.93 Å². The quantitative estimate of drug-likeness (QED) is 0.227. The molecule has 0 saturated heterocycles. The Hall–Kier alpha value is -3.39. The maximum absolute atomic E-state index is 9.30. The van der Waals surface area contributed by atoms with Gasteiger partial charge in [0.15, 0.2) is 6.20 Å². The molecular weight excluding hydrogens is 450 g/mol. The molecule has 0 amide bonds. The van der Waals surface area contributed by atoms with Crippen LogP contribution in [-0.2, 0) is 7.05 Å². The second-order valence-corrected chi connectivity index (χ2v) is 11.3. The van der Waals surface area contributed by atoms with E-state index in [4.69, 9.17) is 12.6 Å². The number of aromatic nitrogens is 1. The third-order valence-corrected chi connectivity index (χ3v) is 8.11. The van der Waals surface area contributed by atoms with Crippen LogP contribution in [0.25, 0.3) is 44.3 Å². The van der Waals surface area contributed by atoms with Gasteiger partial charge in [-0.25, -0.2) is 4.57 Å². The molecule has 188 valence electrons. The van der Waals surface area contributed by atoms with E-state index in [2.05, 4.69) is 13.8 Å². The van der Waals surface area contributed by atoms with Gasteiger partial charge in [-0.15, -0.1) is 0 Å². The minimum Gasteiger partial charge on any atom is -0.455 e. The molecule has 1 saturated carbocycles. The SMILES string of the molecule is [2H]c1cc(C2([2H])CCC(C)(C)CC2)cc(C([2H])([2H])[2H])c1-c1cc(-c2c(C)ccc3c2oc2ccccc23)[n+](C)cc1C([2H])([2H])[2H]. The molecule has 2 heteroatoms. The zero-order chi connectivity index (χ0) is 32.7. The van der Waals surface area contributed by atoms with E-state index < -0.39 is 19.6 Å². The zero-order valence-corrected chi connectivity index (χ0v) is 22.0. The second kappa shape index (κ2) is 8.87. The summed E-state index contributed by atoms with van der Waals surface area (Å²) in [6, 6.07) is 16.5. The average molecular weight is 497 g/mol. The number of furan rings is 1. The summed E-state index contributed by atoms with van der Waals surface area (Å²) in [5.74, 6) is -1.01. The highest BCUT2D eigenvalue weighted by Gasteiger charge is 2.28. The van der Waals surface area contributed by atoms with Crippen LogP contribution in [-0.4, -0.2) is 0 Å². The summed E-state index contributed by atoms with van der Waals surface area (Å²) in [5.41, 5.74) is 4.34. The number of pyridine rings is 1. The summed E-state index contributed by atoms with van der Waals surface area (Å²) < 4.78 is 77.4. The van der Waals surface area contributed by atoms with Crippen LogP contribution < -0.4 is 4.57 Å². The van der Waals surface area contributed by atoms with E-state index in [0.717, 1.165) is 40.3 Å². The third-order valence-electron chi connectivity index (χ3n) is 8.11. The van der Waals surface area contributed by atoms with E-state index in [1.807, 2.05) is 43.3 Å². The third kappa shape index (κ3) is 4.17. The molecule has 1 aliphatic carbocycles. The average Bonchev–Trinajstić information content (AvgIpc) is 3.32. The summed E-state index contributed by atoms with van der Waals surface area (Å²) in [7, 11) is 1.76. The number of para-hydroxylation sites is 1. The molecule has 0 atom stereocenters. The van der Waals surface area contributed by atoms with Crippen molar-refractivity contribution in [3.8, 4) is 22.4 Å². The van der Waals surface area contributed by atoms with E-state index in [0.29, 0.717) is 29.7 Å². The van der Waals surface area contributed by atoms with E-state index in [9.17, 15) is 2.74 Å². The minimum atomic E-state index is -2.65. The molecule has 0 N–H and O–H groups in total. The number of fused-ring (bicyclic) bond motifs is 3. The van der Waals surface area contributed by atoms with E-state index >= 15 is 0 Å². The van der Waals surface area contributed by atoms with Crippen LogP contribution in [0, 0.1) is 26.0 Å². The molecule has 0 bridgehead atoms. The van der Waals surface area contributed by atoms with E-state index in [-0.39, 0.29) is 33.7 Å². The summed E-state index contributed by atoms with van der Waals surface area (Å²) in [5, 5.41) is 1.87. The van der Waals surface area contributed by atoms with Gasteiger partial charge >= 0.3 is 0 Å². The number of rotatable bonds is 3. The Morgan fingerprint density at radius 3 is 2.51 bits per heavy atom. The maximum atomic E-state index is 9.30. The molecule has 3 aromatic carbocycles. The molecule has 37 heavy (non-hydrogen) atoms. The Labute approximate surface area is 232 Å². The Morgan fingerprint density at radius 1 is 0.946 bits per heavy atom.